The maximum Gasteiger partial charge on any atom is 0.159 e. The molecule has 4 rings (SSSR count). The second kappa shape index (κ2) is 8.31. The van der Waals surface area contributed by atoms with Crippen LogP contribution in [-0.4, -0.2) is 9.97 Å². The molecule has 0 aliphatic rings. The Morgan fingerprint density at radius 3 is 1.79 bits per heavy atom. The molecule has 0 radical (unpaired) electrons. The van der Waals surface area contributed by atoms with E-state index in [1.807, 2.05) is 85.8 Å². The van der Waals surface area contributed by atoms with Crippen LogP contribution in [0.2, 0.25) is 0 Å². The number of ether oxygens (including phenoxy) is 1. The van der Waals surface area contributed by atoms with E-state index in [4.69, 9.17) is 10.5 Å². The van der Waals surface area contributed by atoms with Crippen LogP contribution in [0.15, 0.2) is 85.2 Å². The van der Waals surface area contributed by atoms with E-state index >= 15 is 0 Å². The molecule has 0 amide bonds. The fraction of sp³-hybridized carbons (Fsp3) is 0.0435. The Bertz CT molecular complexity index is 1080. The largest absolute Gasteiger partial charge is 0.457 e. The number of anilines is 5. The number of benzene rings is 3. The summed E-state index contributed by atoms with van der Waals surface area (Å²) in [4.78, 5) is 8.51. The van der Waals surface area contributed by atoms with E-state index in [9.17, 15) is 0 Å². The van der Waals surface area contributed by atoms with E-state index in [-0.39, 0.29) is 0 Å². The first-order valence-corrected chi connectivity index (χ1v) is 9.21. The van der Waals surface area contributed by atoms with Gasteiger partial charge in [0.2, 0.25) is 0 Å². The van der Waals surface area contributed by atoms with Crippen molar-refractivity contribution in [2.24, 2.45) is 0 Å². The molecule has 144 valence electrons. The van der Waals surface area contributed by atoms with Gasteiger partial charge in [-0.2, -0.15) is 0 Å². The van der Waals surface area contributed by atoms with Crippen LogP contribution >= 0.6 is 0 Å². The van der Waals surface area contributed by atoms with Gasteiger partial charge in [0.05, 0.1) is 0 Å². The van der Waals surface area contributed by atoms with Gasteiger partial charge in [0, 0.05) is 11.4 Å². The molecule has 0 bridgehead atoms. The minimum absolute atomic E-state index is 0.442. The van der Waals surface area contributed by atoms with Crippen molar-refractivity contribution in [3.8, 4) is 11.5 Å². The monoisotopic (exact) mass is 383 g/mol. The molecule has 6 nitrogen and oxygen atoms in total. The molecule has 4 aromatic rings. The molecular weight excluding hydrogens is 362 g/mol. The Morgan fingerprint density at radius 2 is 1.21 bits per heavy atom. The molecule has 0 fully saturated rings. The first-order chi connectivity index (χ1) is 14.2. The summed E-state index contributed by atoms with van der Waals surface area (Å²) in [6, 6.07) is 25.3. The molecule has 0 unspecified atom stereocenters. The highest BCUT2D eigenvalue weighted by atomic mass is 16.5. The quantitative estimate of drug-likeness (QED) is 0.399. The van der Waals surface area contributed by atoms with Gasteiger partial charge in [0.25, 0.3) is 0 Å². The molecule has 3 aromatic carbocycles. The fourth-order valence-electron chi connectivity index (χ4n) is 2.74. The van der Waals surface area contributed by atoms with Gasteiger partial charge >= 0.3 is 0 Å². The average Bonchev–Trinajstić information content (AvgIpc) is 2.75. The SMILES string of the molecule is Cc1ccc(Nc2ncnc(Nc3ccc(Oc4ccccc4)cc3)c2N)cc1. The summed E-state index contributed by atoms with van der Waals surface area (Å²) in [7, 11) is 0. The Hall–Kier alpha value is -4.06. The summed E-state index contributed by atoms with van der Waals surface area (Å²) in [5.74, 6) is 2.63. The molecule has 6 heteroatoms. The number of nitrogens with zero attached hydrogens (tertiary/aromatic N) is 2. The first-order valence-electron chi connectivity index (χ1n) is 9.21. The van der Waals surface area contributed by atoms with Gasteiger partial charge in [-0.25, -0.2) is 9.97 Å². The van der Waals surface area contributed by atoms with Crippen LogP contribution in [0, 0.1) is 6.92 Å². The van der Waals surface area contributed by atoms with Crippen LogP contribution in [-0.2, 0) is 0 Å². The average molecular weight is 383 g/mol. The van der Waals surface area contributed by atoms with Crippen molar-refractivity contribution in [1.29, 1.82) is 0 Å². The van der Waals surface area contributed by atoms with Crippen LogP contribution in [0.1, 0.15) is 5.56 Å². The van der Waals surface area contributed by atoms with Crippen molar-refractivity contribution >= 4 is 28.7 Å². The van der Waals surface area contributed by atoms with Crippen LogP contribution in [0.5, 0.6) is 11.5 Å². The summed E-state index contributed by atoms with van der Waals surface area (Å²) >= 11 is 0. The molecule has 29 heavy (non-hydrogen) atoms. The minimum atomic E-state index is 0.442. The summed E-state index contributed by atoms with van der Waals surface area (Å²) in [6.07, 6.45) is 1.47. The van der Waals surface area contributed by atoms with Crippen LogP contribution in [0.25, 0.3) is 0 Å². The van der Waals surface area contributed by atoms with Gasteiger partial charge in [-0.3, -0.25) is 0 Å². The highest BCUT2D eigenvalue weighted by molar-refractivity contribution is 5.80. The van der Waals surface area contributed by atoms with Gasteiger partial charge in [0.15, 0.2) is 11.6 Å². The zero-order valence-corrected chi connectivity index (χ0v) is 16.0. The number of hydrogen-bond acceptors (Lipinski definition) is 6. The van der Waals surface area contributed by atoms with Crippen LogP contribution in [0.4, 0.5) is 28.7 Å². The second-order valence-corrected chi connectivity index (χ2v) is 6.54. The first kappa shape index (κ1) is 18.3. The number of nitrogen functional groups attached to an aromatic ring is 1. The lowest BCUT2D eigenvalue weighted by Crippen LogP contribution is -2.05. The van der Waals surface area contributed by atoms with Gasteiger partial charge in [-0.1, -0.05) is 35.9 Å². The number of para-hydroxylation sites is 1. The van der Waals surface area contributed by atoms with Crippen molar-refractivity contribution < 1.29 is 4.74 Å². The van der Waals surface area contributed by atoms with Gasteiger partial charge in [-0.15, -0.1) is 0 Å². The standard InChI is InChI=1S/C23H21N5O/c1-16-7-9-17(10-8-16)27-22-21(24)23(26-15-25-22)28-18-11-13-20(14-12-18)29-19-5-3-2-4-6-19/h2-15H,24H2,1H3,(H2,25,26,27,28). The Morgan fingerprint density at radius 1 is 0.690 bits per heavy atom. The van der Waals surface area contributed by atoms with Crippen molar-refractivity contribution in [3.63, 3.8) is 0 Å². The van der Waals surface area contributed by atoms with Gasteiger partial charge in [-0.05, 0) is 55.5 Å². The second-order valence-electron chi connectivity index (χ2n) is 6.54. The molecular formula is C23H21N5O. The van der Waals surface area contributed by atoms with Gasteiger partial charge < -0.3 is 21.1 Å². The van der Waals surface area contributed by atoms with E-state index in [1.165, 1.54) is 11.9 Å². The van der Waals surface area contributed by atoms with Crippen molar-refractivity contribution in [2.45, 2.75) is 6.92 Å². The Kier molecular flexibility index (Phi) is 5.25. The number of rotatable bonds is 6. The summed E-state index contributed by atoms with van der Waals surface area (Å²) < 4.78 is 5.81. The van der Waals surface area contributed by atoms with Crippen LogP contribution in [0.3, 0.4) is 0 Å². The third-order valence-electron chi connectivity index (χ3n) is 4.29. The minimum Gasteiger partial charge on any atom is -0.457 e. The zero-order chi connectivity index (χ0) is 20.1. The molecule has 1 heterocycles. The maximum atomic E-state index is 6.27. The molecule has 0 aliphatic carbocycles. The lowest BCUT2D eigenvalue weighted by Gasteiger charge is -2.13. The van der Waals surface area contributed by atoms with E-state index in [2.05, 4.69) is 20.6 Å². The van der Waals surface area contributed by atoms with Crippen molar-refractivity contribution in [3.05, 3.63) is 90.8 Å². The third-order valence-corrected chi connectivity index (χ3v) is 4.29. The molecule has 0 saturated heterocycles. The van der Waals surface area contributed by atoms with Crippen LogP contribution < -0.4 is 21.1 Å². The molecule has 0 spiro atoms. The molecule has 0 aliphatic heterocycles. The lowest BCUT2D eigenvalue weighted by molar-refractivity contribution is 0.483. The predicted molar refractivity (Wildman–Crippen MR) is 117 cm³/mol. The highest BCUT2D eigenvalue weighted by Crippen LogP contribution is 2.29. The smallest absolute Gasteiger partial charge is 0.159 e. The van der Waals surface area contributed by atoms with Gasteiger partial charge in [0.1, 0.15) is 23.5 Å². The zero-order valence-electron chi connectivity index (χ0n) is 16.0. The molecule has 0 saturated carbocycles. The summed E-state index contributed by atoms with van der Waals surface area (Å²) in [6.45, 7) is 2.04. The Balaban J connectivity index is 1.47. The molecule has 1 aromatic heterocycles. The number of nitrogens with one attached hydrogen (secondary N) is 2. The van der Waals surface area contributed by atoms with Crippen molar-refractivity contribution in [1.82, 2.24) is 9.97 Å². The van der Waals surface area contributed by atoms with E-state index in [0.717, 1.165) is 22.9 Å². The van der Waals surface area contributed by atoms with E-state index < -0.39 is 0 Å². The number of aromatic nitrogens is 2. The number of hydrogen-bond donors (Lipinski definition) is 3. The number of nitrogens with two attached hydrogens (primary N) is 1. The number of aryl methyl sites for hydroxylation is 1. The molecule has 0 atom stereocenters. The molecule has 4 N–H and O–H groups in total. The van der Waals surface area contributed by atoms with E-state index in [1.54, 1.807) is 0 Å². The normalized spacial score (nSPS) is 10.4. The third kappa shape index (κ3) is 4.62. The topological polar surface area (TPSA) is 85.1 Å². The lowest BCUT2D eigenvalue weighted by atomic mass is 10.2. The summed E-state index contributed by atoms with van der Waals surface area (Å²) in [5, 5.41) is 6.45. The maximum absolute atomic E-state index is 6.27. The Labute approximate surface area is 169 Å². The van der Waals surface area contributed by atoms with Crippen molar-refractivity contribution in [2.75, 3.05) is 16.4 Å². The fourth-order valence-corrected chi connectivity index (χ4v) is 2.74. The summed E-state index contributed by atoms with van der Waals surface area (Å²) in [5.41, 5.74) is 9.65. The van der Waals surface area contributed by atoms with E-state index in [0.29, 0.717) is 17.3 Å². The highest BCUT2D eigenvalue weighted by Gasteiger charge is 2.09. The predicted octanol–water partition coefficient (Wildman–Crippen LogP) is 5.65.